The number of hydrogen-bond acceptors (Lipinski definition) is 1. The summed E-state index contributed by atoms with van der Waals surface area (Å²) in [7, 11) is 0. The third-order valence-corrected chi connectivity index (χ3v) is 1.69. The minimum atomic E-state index is 0.115. The van der Waals surface area contributed by atoms with Gasteiger partial charge in [-0.25, -0.2) is 0 Å². The predicted octanol–water partition coefficient (Wildman–Crippen LogP) is 2.92. The molecule has 0 fully saturated rings. The molecule has 0 heterocycles. The summed E-state index contributed by atoms with van der Waals surface area (Å²) in [6.45, 7) is 3.53. The van der Waals surface area contributed by atoms with Crippen LogP contribution in [0, 0.1) is 0 Å². The molecule has 1 heteroatoms. The molecule has 1 rings (SSSR count). The van der Waals surface area contributed by atoms with Crippen molar-refractivity contribution in [3.8, 4) is 0 Å². The molecule has 0 aromatic heterocycles. The van der Waals surface area contributed by atoms with Gasteiger partial charge in [0, 0.05) is 5.56 Å². The molecule has 0 bridgehead atoms. The summed E-state index contributed by atoms with van der Waals surface area (Å²) < 4.78 is 0. The molecule has 0 saturated carbocycles. The summed E-state index contributed by atoms with van der Waals surface area (Å²) in [4.78, 5) is 11.1. The van der Waals surface area contributed by atoms with Crippen molar-refractivity contribution in [2.45, 2.75) is 13.8 Å². The van der Waals surface area contributed by atoms with E-state index in [0.29, 0.717) is 0 Å². The van der Waals surface area contributed by atoms with E-state index in [-0.39, 0.29) is 5.78 Å². The van der Waals surface area contributed by atoms with Gasteiger partial charge in [0.05, 0.1) is 0 Å². The minimum absolute atomic E-state index is 0.115. The standard InChI is InChI=1S/C11H12O/c1-3-6-10-7-4-5-8-11(10)9(2)12/h3-8H,1-2H3. The second kappa shape index (κ2) is 3.86. The van der Waals surface area contributed by atoms with E-state index in [1.807, 2.05) is 43.3 Å². The van der Waals surface area contributed by atoms with Crippen LogP contribution in [-0.4, -0.2) is 5.78 Å². The highest BCUT2D eigenvalue weighted by molar-refractivity contribution is 5.97. The first-order valence-electron chi connectivity index (χ1n) is 3.98. The molecule has 1 aromatic rings. The lowest BCUT2D eigenvalue weighted by molar-refractivity contribution is 0.101. The van der Waals surface area contributed by atoms with E-state index in [2.05, 4.69) is 0 Å². The molecular formula is C11H12O. The van der Waals surface area contributed by atoms with Crippen LogP contribution in [0.1, 0.15) is 29.8 Å². The SMILES string of the molecule is CC=Cc1ccccc1C(C)=O. The van der Waals surface area contributed by atoms with Crippen molar-refractivity contribution in [3.05, 3.63) is 41.5 Å². The van der Waals surface area contributed by atoms with E-state index in [9.17, 15) is 4.79 Å². The number of benzene rings is 1. The molecule has 0 amide bonds. The Kier molecular flexibility index (Phi) is 2.81. The van der Waals surface area contributed by atoms with Gasteiger partial charge in [0.15, 0.2) is 5.78 Å². The fourth-order valence-corrected chi connectivity index (χ4v) is 1.14. The topological polar surface area (TPSA) is 17.1 Å². The first-order chi connectivity index (χ1) is 5.75. The quantitative estimate of drug-likeness (QED) is 0.608. The van der Waals surface area contributed by atoms with Crippen LogP contribution >= 0.6 is 0 Å². The Morgan fingerprint density at radius 2 is 2.00 bits per heavy atom. The van der Waals surface area contributed by atoms with Crippen molar-refractivity contribution < 1.29 is 4.79 Å². The Balaban J connectivity index is 3.17. The largest absolute Gasteiger partial charge is 0.294 e. The summed E-state index contributed by atoms with van der Waals surface area (Å²) >= 11 is 0. The Hall–Kier alpha value is -1.37. The first kappa shape index (κ1) is 8.72. The average molecular weight is 160 g/mol. The smallest absolute Gasteiger partial charge is 0.160 e. The van der Waals surface area contributed by atoms with Gasteiger partial charge >= 0.3 is 0 Å². The van der Waals surface area contributed by atoms with Gasteiger partial charge in [0.1, 0.15) is 0 Å². The maximum Gasteiger partial charge on any atom is 0.160 e. The summed E-state index contributed by atoms with van der Waals surface area (Å²) in [5.41, 5.74) is 1.78. The minimum Gasteiger partial charge on any atom is -0.294 e. The van der Waals surface area contributed by atoms with Crippen LogP contribution < -0.4 is 0 Å². The lowest BCUT2D eigenvalue weighted by Crippen LogP contribution is -1.94. The summed E-state index contributed by atoms with van der Waals surface area (Å²) in [5.74, 6) is 0.115. The molecule has 0 radical (unpaired) electrons. The third-order valence-electron chi connectivity index (χ3n) is 1.69. The first-order valence-corrected chi connectivity index (χ1v) is 3.98. The van der Waals surface area contributed by atoms with Crippen molar-refractivity contribution in [2.75, 3.05) is 0 Å². The molecule has 0 spiro atoms. The van der Waals surface area contributed by atoms with E-state index < -0.39 is 0 Å². The van der Waals surface area contributed by atoms with Crippen molar-refractivity contribution in [2.24, 2.45) is 0 Å². The van der Waals surface area contributed by atoms with Gasteiger partial charge in [0.25, 0.3) is 0 Å². The maximum atomic E-state index is 11.1. The van der Waals surface area contributed by atoms with Crippen LogP contribution in [0.2, 0.25) is 0 Å². The summed E-state index contributed by atoms with van der Waals surface area (Å²) in [5, 5.41) is 0. The fraction of sp³-hybridized carbons (Fsp3) is 0.182. The molecule has 12 heavy (non-hydrogen) atoms. The van der Waals surface area contributed by atoms with Crippen molar-refractivity contribution in [1.82, 2.24) is 0 Å². The van der Waals surface area contributed by atoms with Crippen LogP contribution in [0.4, 0.5) is 0 Å². The van der Waals surface area contributed by atoms with Gasteiger partial charge in [-0.2, -0.15) is 0 Å². The lowest BCUT2D eigenvalue weighted by atomic mass is 10.0. The van der Waals surface area contributed by atoms with Gasteiger partial charge < -0.3 is 0 Å². The normalized spacial score (nSPS) is 10.5. The molecule has 0 N–H and O–H groups in total. The number of Topliss-reactive ketones (excluding diaryl/α,β-unsaturated/α-hetero) is 1. The van der Waals surface area contributed by atoms with Gasteiger partial charge in [-0.05, 0) is 19.4 Å². The zero-order valence-electron chi connectivity index (χ0n) is 7.37. The van der Waals surface area contributed by atoms with Crippen LogP contribution in [0.3, 0.4) is 0 Å². The highest BCUT2D eigenvalue weighted by Crippen LogP contribution is 2.10. The Labute approximate surface area is 72.7 Å². The number of ketones is 1. The lowest BCUT2D eigenvalue weighted by Gasteiger charge is -1.99. The average Bonchev–Trinajstić information content (AvgIpc) is 2.05. The van der Waals surface area contributed by atoms with E-state index in [1.165, 1.54) is 0 Å². The van der Waals surface area contributed by atoms with E-state index in [0.717, 1.165) is 11.1 Å². The van der Waals surface area contributed by atoms with Crippen molar-refractivity contribution >= 4 is 11.9 Å². The van der Waals surface area contributed by atoms with E-state index in [4.69, 9.17) is 0 Å². The number of rotatable bonds is 2. The fourth-order valence-electron chi connectivity index (χ4n) is 1.14. The predicted molar refractivity (Wildman–Crippen MR) is 51.2 cm³/mol. The molecule has 0 atom stereocenters. The number of carbonyl (C=O) groups excluding carboxylic acids is 1. The van der Waals surface area contributed by atoms with Gasteiger partial charge in [0.2, 0.25) is 0 Å². The summed E-state index contributed by atoms with van der Waals surface area (Å²) in [6, 6.07) is 7.60. The molecule has 1 aromatic carbocycles. The number of allylic oxidation sites excluding steroid dienone is 1. The summed E-state index contributed by atoms with van der Waals surface area (Å²) in [6.07, 6.45) is 3.87. The number of carbonyl (C=O) groups is 1. The molecule has 0 aliphatic rings. The zero-order valence-corrected chi connectivity index (χ0v) is 7.37. The molecule has 62 valence electrons. The Morgan fingerprint density at radius 1 is 1.33 bits per heavy atom. The van der Waals surface area contributed by atoms with Crippen LogP contribution in [0.25, 0.3) is 6.08 Å². The van der Waals surface area contributed by atoms with E-state index in [1.54, 1.807) is 6.92 Å². The zero-order chi connectivity index (χ0) is 8.97. The maximum absolute atomic E-state index is 11.1. The molecule has 0 aliphatic heterocycles. The number of hydrogen-bond donors (Lipinski definition) is 0. The van der Waals surface area contributed by atoms with Gasteiger partial charge in [-0.15, -0.1) is 0 Å². The Morgan fingerprint density at radius 3 is 2.58 bits per heavy atom. The van der Waals surface area contributed by atoms with Crippen LogP contribution in [-0.2, 0) is 0 Å². The second-order valence-electron chi connectivity index (χ2n) is 2.64. The highest BCUT2D eigenvalue weighted by Gasteiger charge is 2.01. The van der Waals surface area contributed by atoms with Gasteiger partial charge in [-0.3, -0.25) is 4.79 Å². The molecule has 1 nitrogen and oxygen atoms in total. The van der Waals surface area contributed by atoms with E-state index >= 15 is 0 Å². The Bertz CT molecular complexity index is 311. The molecule has 0 aliphatic carbocycles. The van der Waals surface area contributed by atoms with Crippen molar-refractivity contribution in [1.29, 1.82) is 0 Å². The van der Waals surface area contributed by atoms with Crippen LogP contribution in [0.5, 0.6) is 0 Å². The highest BCUT2D eigenvalue weighted by atomic mass is 16.1. The van der Waals surface area contributed by atoms with Crippen LogP contribution in [0.15, 0.2) is 30.3 Å². The van der Waals surface area contributed by atoms with Crippen molar-refractivity contribution in [3.63, 3.8) is 0 Å². The molecule has 0 unspecified atom stereocenters. The second-order valence-corrected chi connectivity index (χ2v) is 2.64. The third kappa shape index (κ3) is 1.82. The van der Waals surface area contributed by atoms with Gasteiger partial charge in [-0.1, -0.05) is 36.4 Å². The molecule has 0 saturated heterocycles. The molecular weight excluding hydrogens is 148 g/mol. The monoisotopic (exact) mass is 160 g/mol.